The summed E-state index contributed by atoms with van der Waals surface area (Å²) in [5, 5.41) is 0. The minimum absolute atomic E-state index is 0.228. The molecule has 1 saturated heterocycles. The van der Waals surface area contributed by atoms with Gasteiger partial charge >= 0.3 is 0 Å². The van der Waals surface area contributed by atoms with Gasteiger partial charge in [-0.3, -0.25) is 0 Å². The van der Waals surface area contributed by atoms with Crippen molar-refractivity contribution < 1.29 is 4.74 Å². The molecule has 0 radical (unpaired) electrons. The van der Waals surface area contributed by atoms with Crippen LogP contribution in [0.4, 0.5) is 0 Å². The largest absolute Gasteiger partial charge is 0.381 e. The molecule has 2 aliphatic rings. The van der Waals surface area contributed by atoms with Gasteiger partial charge in [-0.25, -0.2) is 0 Å². The van der Waals surface area contributed by atoms with Crippen molar-refractivity contribution in [3.05, 3.63) is 0 Å². The third kappa shape index (κ3) is 1.94. The normalized spacial score (nSPS) is 35.2. The van der Waals surface area contributed by atoms with Gasteiger partial charge in [-0.2, -0.15) is 0 Å². The Morgan fingerprint density at radius 3 is 2.82 bits per heavy atom. The smallest absolute Gasteiger partial charge is 0.0494 e. The van der Waals surface area contributed by atoms with Crippen LogP contribution >= 0.6 is 0 Å². The molecule has 0 aromatic rings. The Morgan fingerprint density at radius 1 is 1.45 bits per heavy atom. The summed E-state index contributed by atoms with van der Waals surface area (Å²) < 4.78 is 5.40. The first kappa shape index (κ1) is 7.56. The van der Waals surface area contributed by atoms with Crippen LogP contribution in [0.25, 0.3) is 0 Å². The number of ether oxygens (including phenoxy) is 1. The van der Waals surface area contributed by atoms with Gasteiger partial charge < -0.3 is 10.5 Å². The maximum Gasteiger partial charge on any atom is 0.0494 e. The van der Waals surface area contributed by atoms with Gasteiger partial charge in [-0.1, -0.05) is 0 Å². The first-order valence-corrected chi connectivity index (χ1v) is 4.65. The van der Waals surface area contributed by atoms with Crippen molar-refractivity contribution in [3.63, 3.8) is 0 Å². The lowest BCUT2D eigenvalue weighted by Gasteiger charge is -2.24. The lowest BCUT2D eigenvalue weighted by Crippen LogP contribution is -2.29. The fourth-order valence-corrected chi connectivity index (χ4v) is 1.91. The molecule has 64 valence electrons. The van der Waals surface area contributed by atoms with E-state index in [0.717, 1.165) is 19.1 Å². The molecule has 1 aliphatic carbocycles. The summed E-state index contributed by atoms with van der Waals surface area (Å²) in [7, 11) is 0. The van der Waals surface area contributed by atoms with Crippen LogP contribution in [0.1, 0.15) is 32.1 Å². The quantitative estimate of drug-likeness (QED) is 0.652. The van der Waals surface area contributed by atoms with Crippen LogP contribution in [0, 0.1) is 5.92 Å². The molecule has 2 fully saturated rings. The van der Waals surface area contributed by atoms with Gasteiger partial charge in [-0.15, -0.1) is 0 Å². The second-order valence-electron chi connectivity index (χ2n) is 4.15. The molecule has 1 atom stereocenters. The van der Waals surface area contributed by atoms with Crippen molar-refractivity contribution in [1.82, 2.24) is 0 Å². The van der Waals surface area contributed by atoms with E-state index in [0.29, 0.717) is 0 Å². The number of hydrogen-bond acceptors (Lipinski definition) is 2. The van der Waals surface area contributed by atoms with Crippen molar-refractivity contribution >= 4 is 0 Å². The molecule has 2 heteroatoms. The molecule has 0 bridgehead atoms. The molecule has 1 saturated carbocycles. The van der Waals surface area contributed by atoms with E-state index in [1.165, 1.54) is 32.1 Å². The van der Waals surface area contributed by atoms with E-state index in [9.17, 15) is 0 Å². The van der Waals surface area contributed by atoms with Crippen molar-refractivity contribution in [2.75, 3.05) is 13.2 Å². The summed E-state index contributed by atoms with van der Waals surface area (Å²) in [4.78, 5) is 0. The van der Waals surface area contributed by atoms with Gasteiger partial charge in [0.05, 0.1) is 0 Å². The average molecular weight is 155 g/mol. The molecule has 2 rings (SSSR count). The van der Waals surface area contributed by atoms with Crippen LogP contribution < -0.4 is 5.73 Å². The first-order valence-electron chi connectivity index (χ1n) is 4.65. The van der Waals surface area contributed by atoms with E-state index >= 15 is 0 Å². The summed E-state index contributed by atoms with van der Waals surface area (Å²) in [6.45, 7) is 1.92. The maximum absolute atomic E-state index is 6.02. The molecular formula is C9H17NO. The SMILES string of the molecule is NC1(CC2CCCOC2)CC1. The lowest BCUT2D eigenvalue weighted by atomic mass is 9.93. The zero-order valence-corrected chi connectivity index (χ0v) is 7.01. The summed E-state index contributed by atoms with van der Waals surface area (Å²) in [5.41, 5.74) is 6.25. The summed E-state index contributed by atoms with van der Waals surface area (Å²) in [6.07, 6.45) is 6.25. The zero-order chi connectivity index (χ0) is 7.73. The van der Waals surface area contributed by atoms with Crippen molar-refractivity contribution in [2.24, 2.45) is 11.7 Å². The lowest BCUT2D eigenvalue weighted by molar-refractivity contribution is 0.0480. The second kappa shape index (κ2) is 2.76. The van der Waals surface area contributed by atoms with Gasteiger partial charge in [0, 0.05) is 18.8 Å². The molecule has 0 spiro atoms. The number of nitrogens with two attached hydrogens (primary N) is 1. The molecule has 0 aromatic carbocycles. The Hall–Kier alpha value is -0.0800. The molecule has 1 heterocycles. The third-order valence-corrected chi connectivity index (χ3v) is 2.84. The second-order valence-corrected chi connectivity index (χ2v) is 4.15. The highest BCUT2D eigenvalue weighted by Crippen LogP contribution is 2.39. The summed E-state index contributed by atoms with van der Waals surface area (Å²) >= 11 is 0. The Labute approximate surface area is 68.1 Å². The molecule has 0 amide bonds. The Bertz CT molecular complexity index is 136. The standard InChI is InChI=1S/C9H17NO/c10-9(3-4-9)6-8-2-1-5-11-7-8/h8H,1-7,10H2. The zero-order valence-electron chi connectivity index (χ0n) is 7.01. The van der Waals surface area contributed by atoms with E-state index in [1.54, 1.807) is 0 Å². The van der Waals surface area contributed by atoms with Gasteiger partial charge in [0.1, 0.15) is 0 Å². The average Bonchev–Trinajstić information content (AvgIpc) is 2.70. The predicted octanol–water partition coefficient (Wildman–Crippen LogP) is 1.29. The van der Waals surface area contributed by atoms with Crippen LogP contribution in [0.15, 0.2) is 0 Å². The van der Waals surface area contributed by atoms with E-state index in [4.69, 9.17) is 10.5 Å². The highest BCUT2D eigenvalue weighted by molar-refractivity contribution is 4.99. The molecule has 1 aliphatic heterocycles. The Morgan fingerprint density at radius 2 is 2.27 bits per heavy atom. The minimum Gasteiger partial charge on any atom is -0.381 e. The van der Waals surface area contributed by atoms with E-state index in [-0.39, 0.29) is 5.54 Å². The topological polar surface area (TPSA) is 35.2 Å². The molecule has 2 nitrogen and oxygen atoms in total. The predicted molar refractivity (Wildman–Crippen MR) is 44.3 cm³/mol. The van der Waals surface area contributed by atoms with Crippen LogP contribution in [0.3, 0.4) is 0 Å². The first-order chi connectivity index (χ1) is 5.29. The monoisotopic (exact) mass is 155 g/mol. The Balaban J connectivity index is 1.76. The summed E-state index contributed by atoms with van der Waals surface area (Å²) in [6, 6.07) is 0. The number of rotatable bonds is 2. The van der Waals surface area contributed by atoms with Gasteiger partial charge in [0.15, 0.2) is 0 Å². The fourth-order valence-electron chi connectivity index (χ4n) is 1.91. The van der Waals surface area contributed by atoms with Gasteiger partial charge in [0.2, 0.25) is 0 Å². The van der Waals surface area contributed by atoms with Gasteiger partial charge in [-0.05, 0) is 38.0 Å². The molecule has 2 N–H and O–H groups in total. The Kier molecular flexibility index (Phi) is 1.90. The van der Waals surface area contributed by atoms with Crippen molar-refractivity contribution in [3.8, 4) is 0 Å². The summed E-state index contributed by atoms with van der Waals surface area (Å²) in [5.74, 6) is 0.760. The van der Waals surface area contributed by atoms with Crippen LogP contribution in [-0.2, 0) is 4.74 Å². The van der Waals surface area contributed by atoms with Crippen molar-refractivity contribution in [2.45, 2.75) is 37.6 Å². The molecule has 1 unspecified atom stereocenters. The highest BCUT2D eigenvalue weighted by Gasteiger charge is 2.40. The minimum atomic E-state index is 0.228. The van der Waals surface area contributed by atoms with E-state index in [1.807, 2.05) is 0 Å². The van der Waals surface area contributed by atoms with E-state index in [2.05, 4.69) is 0 Å². The van der Waals surface area contributed by atoms with Crippen LogP contribution in [-0.4, -0.2) is 18.8 Å². The van der Waals surface area contributed by atoms with E-state index < -0.39 is 0 Å². The highest BCUT2D eigenvalue weighted by atomic mass is 16.5. The van der Waals surface area contributed by atoms with Gasteiger partial charge in [0.25, 0.3) is 0 Å². The van der Waals surface area contributed by atoms with Crippen LogP contribution in [0.5, 0.6) is 0 Å². The van der Waals surface area contributed by atoms with Crippen molar-refractivity contribution in [1.29, 1.82) is 0 Å². The molecular weight excluding hydrogens is 138 g/mol. The number of hydrogen-bond donors (Lipinski definition) is 1. The molecule has 11 heavy (non-hydrogen) atoms. The fraction of sp³-hybridized carbons (Fsp3) is 1.00. The third-order valence-electron chi connectivity index (χ3n) is 2.84. The molecule has 0 aromatic heterocycles. The maximum atomic E-state index is 6.02. The van der Waals surface area contributed by atoms with Crippen LogP contribution in [0.2, 0.25) is 0 Å².